The molecule has 0 aromatic heterocycles. The number of carboxylic acids is 4. The Bertz CT molecular complexity index is 871. The number of hydrogen-bond acceptors (Lipinski definition) is 4. The molecule has 0 saturated heterocycles. The molecule has 0 unspecified atom stereocenters. The monoisotopic (exact) mass is 460 g/mol. The van der Waals surface area contributed by atoms with E-state index < -0.39 is 56.9 Å². The second kappa shape index (κ2) is 6.21. The lowest BCUT2D eigenvalue weighted by molar-refractivity contribution is 0.0674. The van der Waals surface area contributed by atoms with E-state index in [1.165, 1.54) is 0 Å². The van der Waals surface area contributed by atoms with Crippen molar-refractivity contribution in [2.24, 2.45) is 0 Å². The fraction of sp³-hybridized carbons (Fsp3) is 0. The molecule has 0 spiro atoms. The van der Waals surface area contributed by atoms with Gasteiger partial charge in [-0.15, -0.1) is 0 Å². The maximum atomic E-state index is 11.5. The molecule has 0 fully saturated rings. The summed E-state index contributed by atoms with van der Waals surface area (Å²) in [4.78, 5) is 46.0. The molecule has 2 aromatic carbocycles. The minimum Gasteiger partial charge on any atom is -0.478 e. The Morgan fingerprint density at radius 3 is 1.12 bits per heavy atom. The highest BCUT2D eigenvalue weighted by Crippen LogP contribution is 2.38. The van der Waals surface area contributed by atoms with Crippen LogP contribution in [0.1, 0.15) is 41.4 Å². The third kappa shape index (κ3) is 2.74. The maximum absolute atomic E-state index is 11.5. The van der Waals surface area contributed by atoms with E-state index in [4.69, 9.17) is 0 Å². The summed E-state index contributed by atoms with van der Waals surface area (Å²) in [6.45, 7) is 0. The van der Waals surface area contributed by atoms with Gasteiger partial charge in [-0.3, -0.25) is 0 Å². The summed E-state index contributed by atoms with van der Waals surface area (Å²) in [6.07, 6.45) is 0. The fourth-order valence-electron chi connectivity index (χ4n) is 2.33. The van der Waals surface area contributed by atoms with Crippen LogP contribution in [0.5, 0.6) is 0 Å². The van der Waals surface area contributed by atoms with Crippen molar-refractivity contribution < 1.29 is 39.6 Å². The largest absolute Gasteiger partial charge is 0.478 e. The van der Waals surface area contributed by atoms with Gasteiger partial charge in [0.25, 0.3) is 0 Å². The van der Waals surface area contributed by atoms with Crippen molar-refractivity contribution in [2.45, 2.75) is 0 Å². The Morgan fingerprint density at radius 1 is 0.625 bits per heavy atom. The fourth-order valence-corrected chi connectivity index (χ4v) is 3.52. The molecular formula is C14H6Br2O8. The van der Waals surface area contributed by atoms with Crippen LogP contribution in [-0.2, 0) is 0 Å². The lowest BCUT2D eigenvalue weighted by Gasteiger charge is -2.15. The number of fused-ring (bicyclic) bond motifs is 1. The Morgan fingerprint density at radius 2 is 0.917 bits per heavy atom. The molecular weight excluding hydrogens is 456 g/mol. The van der Waals surface area contributed by atoms with Crippen LogP contribution in [0.4, 0.5) is 0 Å². The van der Waals surface area contributed by atoms with Crippen LogP contribution >= 0.6 is 31.9 Å². The van der Waals surface area contributed by atoms with Gasteiger partial charge < -0.3 is 20.4 Å². The van der Waals surface area contributed by atoms with E-state index >= 15 is 0 Å². The first-order valence-electron chi connectivity index (χ1n) is 5.99. The highest BCUT2D eigenvalue weighted by atomic mass is 79.9. The molecule has 124 valence electrons. The van der Waals surface area contributed by atoms with E-state index in [-0.39, 0.29) is 8.95 Å². The standard InChI is InChI=1S/C14H6Br2O8/c15-5-1-3(11(17)18)7-8(9(5)13(21)22)4(12(19)20)2-6(16)10(7)14(23)24/h1-2H,(H,17,18)(H,19,20)(H,21,22)(H,23,24). The number of hydrogen-bond donors (Lipinski definition) is 4. The van der Waals surface area contributed by atoms with Crippen LogP contribution in [0.3, 0.4) is 0 Å². The van der Waals surface area contributed by atoms with Crippen LogP contribution in [0.15, 0.2) is 21.1 Å². The molecule has 8 nitrogen and oxygen atoms in total. The summed E-state index contributed by atoms with van der Waals surface area (Å²) < 4.78 is -0.359. The zero-order valence-corrected chi connectivity index (χ0v) is 14.5. The molecule has 0 radical (unpaired) electrons. The number of carboxylic acid groups (broad SMARTS) is 4. The van der Waals surface area contributed by atoms with Crippen LogP contribution < -0.4 is 0 Å². The van der Waals surface area contributed by atoms with Crippen LogP contribution in [0.25, 0.3) is 10.8 Å². The van der Waals surface area contributed by atoms with Gasteiger partial charge in [0.05, 0.1) is 22.3 Å². The van der Waals surface area contributed by atoms with E-state index in [2.05, 4.69) is 31.9 Å². The zero-order chi connectivity index (χ0) is 18.3. The predicted octanol–water partition coefficient (Wildman–Crippen LogP) is 3.16. The van der Waals surface area contributed by atoms with Crippen molar-refractivity contribution in [3.63, 3.8) is 0 Å². The van der Waals surface area contributed by atoms with E-state index in [1.807, 2.05) is 0 Å². The van der Waals surface area contributed by atoms with Crippen molar-refractivity contribution in [3.8, 4) is 0 Å². The summed E-state index contributed by atoms with van der Waals surface area (Å²) in [7, 11) is 0. The van der Waals surface area contributed by atoms with Gasteiger partial charge in [0.2, 0.25) is 0 Å². The van der Waals surface area contributed by atoms with Crippen LogP contribution in [0.2, 0.25) is 0 Å². The summed E-state index contributed by atoms with van der Waals surface area (Å²) in [6, 6.07) is 1.86. The number of benzene rings is 2. The van der Waals surface area contributed by atoms with Crippen molar-refractivity contribution in [1.29, 1.82) is 0 Å². The first-order valence-corrected chi connectivity index (χ1v) is 7.58. The quantitative estimate of drug-likeness (QED) is 0.542. The highest BCUT2D eigenvalue weighted by Gasteiger charge is 2.29. The zero-order valence-electron chi connectivity index (χ0n) is 11.3. The van der Waals surface area contributed by atoms with Gasteiger partial charge in [-0.2, -0.15) is 0 Å². The topological polar surface area (TPSA) is 149 Å². The minimum atomic E-state index is -1.54. The SMILES string of the molecule is O=C(O)c1cc(Br)c(C(=O)O)c2c(C(=O)O)cc(Br)c(C(=O)O)c12. The van der Waals surface area contributed by atoms with Gasteiger partial charge in [-0.1, -0.05) is 0 Å². The van der Waals surface area contributed by atoms with Gasteiger partial charge in [0, 0.05) is 19.7 Å². The molecule has 0 aliphatic rings. The van der Waals surface area contributed by atoms with Crippen molar-refractivity contribution in [1.82, 2.24) is 0 Å². The Labute approximate surface area is 149 Å². The van der Waals surface area contributed by atoms with Crippen molar-refractivity contribution >= 4 is 66.5 Å². The molecule has 0 heterocycles. The van der Waals surface area contributed by atoms with Gasteiger partial charge in [-0.25, -0.2) is 19.2 Å². The molecule has 4 N–H and O–H groups in total. The van der Waals surface area contributed by atoms with Crippen molar-refractivity contribution in [2.75, 3.05) is 0 Å². The summed E-state index contributed by atoms with van der Waals surface area (Å²) in [5.74, 6) is -6.14. The van der Waals surface area contributed by atoms with Gasteiger partial charge in [-0.05, 0) is 44.0 Å². The Kier molecular flexibility index (Phi) is 4.63. The van der Waals surface area contributed by atoms with Crippen LogP contribution in [-0.4, -0.2) is 44.3 Å². The van der Waals surface area contributed by atoms with E-state index in [0.29, 0.717) is 0 Å². The minimum absolute atomic E-state index is 0.180. The number of aromatic carboxylic acids is 4. The maximum Gasteiger partial charge on any atom is 0.337 e. The Balaban J connectivity index is 3.34. The van der Waals surface area contributed by atoms with E-state index in [9.17, 15) is 39.6 Å². The summed E-state index contributed by atoms with van der Waals surface area (Å²) in [5.41, 5.74) is -2.16. The smallest absolute Gasteiger partial charge is 0.337 e. The van der Waals surface area contributed by atoms with Gasteiger partial charge >= 0.3 is 23.9 Å². The number of halogens is 2. The van der Waals surface area contributed by atoms with Crippen LogP contribution in [0, 0.1) is 0 Å². The number of carbonyl (C=O) groups is 4. The predicted molar refractivity (Wildman–Crippen MR) is 87.2 cm³/mol. The molecule has 0 amide bonds. The lowest BCUT2D eigenvalue weighted by atomic mass is 9.91. The Hall–Kier alpha value is -2.46. The van der Waals surface area contributed by atoms with Crippen molar-refractivity contribution in [3.05, 3.63) is 43.3 Å². The summed E-state index contributed by atoms with van der Waals surface area (Å²) in [5, 5.41) is 36.4. The second-order valence-electron chi connectivity index (χ2n) is 4.53. The average Bonchev–Trinajstić information content (AvgIpc) is 2.44. The highest BCUT2D eigenvalue weighted by molar-refractivity contribution is 9.10. The van der Waals surface area contributed by atoms with E-state index in [1.54, 1.807) is 0 Å². The molecule has 24 heavy (non-hydrogen) atoms. The second-order valence-corrected chi connectivity index (χ2v) is 6.24. The molecule has 0 saturated carbocycles. The molecule has 0 aliphatic carbocycles. The molecule has 0 bridgehead atoms. The van der Waals surface area contributed by atoms with E-state index in [0.717, 1.165) is 12.1 Å². The first-order chi connectivity index (χ1) is 11.1. The molecule has 2 rings (SSSR count). The normalized spacial score (nSPS) is 10.6. The molecule has 2 aromatic rings. The molecule has 10 heteroatoms. The van der Waals surface area contributed by atoms with Gasteiger partial charge in [0.1, 0.15) is 0 Å². The number of rotatable bonds is 4. The third-order valence-electron chi connectivity index (χ3n) is 3.20. The lowest BCUT2D eigenvalue weighted by Crippen LogP contribution is -2.13. The molecule has 0 aliphatic heterocycles. The average molecular weight is 462 g/mol. The molecule has 0 atom stereocenters. The first kappa shape index (κ1) is 17.9. The van der Waals surface area contributed by atoms with Gasteiger partial charge in [0.15, 0.2) is 0 Å². The third-order valence-corrected chi connectivity index (χ3v) is 4.45. The summed E-state index contributed by atoms with van der Waals surface area (Å²) >= 11 is 5.81.